The highest BCUT2D eigenvalue weighted by Gasteiger charge is 1.90. The number of rotatable bonds is 0. The van der Waals surface area contributed by atoms with Gasteiger partial charge in [-0.15, -0.1) is 12.6 Å². The van der Waals surface area contributed by atoms with Crippen LogP contribution in [0.1, 0.15) is 25.0 Å². The average molecular weight is 168 g/mol. The van der Waals surface area contributed by atoms with Crippen LogP contribution < -0.4 is 0 Å². The van der Waals surface area contributed by atoms with Crippen molar-refractivity contribution in [1.82, 2.24) is 0 Å². The summed E-state index contributed by atoms with van der Waals surface area (Å²) in [5.41, 5.74) is 2.51. The van der Waals surface area contributed by atoms with Crippen molar-refractivity contribution in [3.8, 4) is 0 Å². The predicted octanol–water partition coefficient (Wildman–Crippen LogP) is 3.62. The molecule has 0 nitrogen and oxygen atoms in total. The largest absolute Gasteiger partial charge is 0.143 e. The summed E-state index contributed by atoms with van der Waals surface area (Å²) in [7, 11) is 0. The van der Waals surface area contributed by atoms with E-state index in [-0.39, 0.29) is 0 Å². The molecule has 0 fully saturated rings. The van der Waals surface area contributed by atoms with Gasteiger partial charge < -0.3 is 0 Å². The Morgan fingerprint density at radius 3 is 2.00 bits per heavy atom. The van der Waals surface area contributed by atoms with Crippen LogP contribution in [-0.4, -0.2) is 0 Å². The zero-order chi connectivity index (χ0) is 8.85. The quantitative estimate of drug-likeness (QED) is 0.562. The maximum absolute atomic E-state index is 4.27. The molecule has 0 unspecified atom stereocenters. The summed E-state index contributed by atoms with van der Waals surface area (Å²) in [6, 6.07) is 6.24. The molecule has 0 amide bonds. The van der Waals surface area contributed by atoms with E-state index in [2.05, 4.69) is 44.7 Å². The molecule has 1 heteroatoms. The molecule has 0 saturated carbocycles. The van der Waals surface area contributed by atoms with Crippen molar-refractivity contribution in [3.63, 3.8) is 0 Å². The summed E-state index contributed by atoms with van der Waals surface area (Å²) < 4.78 is 0. The smallest absolute Gasteiger partial charge is 0.00718 e. The van der Waals surface area contributed by atoms with Gasteiger partial charge in [0, 0.05) is 4.90 Å². The standard InChI is InChI=1S/C8H10S.C2H6/c1-6-3-4-7(2)8(9)5-6;1-2/h3-5,9H,1-2H3;1-2H3. The van der Waals surface area contributed by atoms with Crippen molar-refractivity contribution in [2.24, 2.45) is 0 Å². The molecule has 0 aliphatic heterocycles. The summed E-state index contributed by atoms with van der Waals surface area (Å²) >= 11 is 4.27. The van der Waals surface area contributed by atoms with E-state index in [1.165, 1.54) is 11.1 Å². The Balaban J connectivity index is 0.000000461. The van der Waals surface area contributed by atoms with Crippen LogP contribution in [0.5, 0.6) is 0 Å². The van der Waals surface area contributed by atoms with Gasteiger partial charge >= 0.3 is 0 Å². The fraction of sp³-hybridized carbons (Fsp3) is 0.400. The highest BCUT2D eigenvalue weighted by Crippen LogP contribution is 2.13. The van der Waals surface area contributed by atoms with Gasteiger partial charge in [0.1, 0.15) is 0 Å². The topological polar surface area (TPSA) is 0 Å². The Kier molecular flexibility index (Phi) is 5.05. The van der Waals surface area contributed by atoms with Crippen LogP contribution in [0.3, 0.4) is 0 Å². The second-order valence-electron chi connectivity index (χ2n) is 2.29. The van der Waals surface area contributed by atoms with Crippen molar-refractivity contribution in [1.29, 1.82) is 0 Å². The van der Waals surface area contributed by atoms with Crippen molar-refractivity contribution in [2.45, 2.75) is 32.6 Å². The minimum absolute atomic E-state index is 1.08. The molecule has 0 aliphatic carbocycles. The lowest BCUT2D eigenvalue weighted by Gasteiger charge is -1.97. The van der Waals surface area contributed by atoms with Crippen LogP contribution in [-0.2, 0) is 0 Å². The minimum Gasteiger partial charge on any atom is -0.143 e. The van der Waals surface area contributed by atoms with E-state index in [0.717, 1.165) is 4.90 Å². The van der Waals surface area contributed by atoms with Gasteiger partial charge in [0.2, 0.25) is 0 Å². The van der Waals surface area contributed by atoms with Crippen LogP contribution >= 0.6 is 12.6 Å². The van der Waals surface area contributed by atoms with Gasteiger partial charge in [-0.3, -0.25) is 0 Å². The summed E-state index contributed by atoms with van der Waals surface area (Å²) in [6.07, 6.45) is 0. The van der Waals surface area contributed by atoms with E-state index in [9.17, 15) is 0 Å². The molecule has 0 heterocycles. The van der Waals surface area contributed by atoms with E-state index in [0.29, 0.717) is 0 Å². The lowest BCUT2D eigenvalue weighted by molar-refractivity contribution is 1.27. The van der Waals surface area contributed by atoms with Crippen LogP contribution in [0.15, 0.2) is 23.1 Å². The molecule has 0 spiro atoms. The third-order valence-electron chi connectivity index (χ3n) is 1.36. The Bertz CT molecular complexity index is 216. The van der Waals surface area contributed by atoms with Gasteiger partial charge in [0.15, 0.2) is 0 Å². The lowest BCUT2D eigenvalue weighted by Crippen LogP contribution is -1.76. The summed E-state index contributed by atoms with van der Waals surface area (Å²) in [5.74, 6) is 0. The first-order valence-electron chi connectivity index (χ1n) is 3.96. The normalized spacial score (nSPS) is 8.45. The highest BCUT2D eigenvalue weighted by atomic mass is 32.1. The van der Waals surface area contributed by atoms with Gasteiger partial charge in [-0.1, -0.05) is 31.5 Å². The summed E-state index contributed by atoms with van der Waals surface area (Å²) in [4.78, 5) is 1.08. The van der Waals surface area contributed by atoms with Crippen LogP contribution in [0.25, 0.3) is 0 Å². The highest BCUT2D eigenvalue weighted by molar-refractivity contribution is 7.80. The molecule has 0 N–H and O–H groups in total. The van der Waals surface area contributed by atoms with Crippen molar-refractivity contribution in [2.75, 3.05) is 0 Å². The number of aryl methyl sites for hydroxylation is 2. The Hall–Kier alpha value is -0.430. The van der Waals surface area contributed by atoms with E-state index >= 15 is 0 Å². The zero-order valence-corrected chi connectivity index (χ0v) is 8.57. The summed E-state index contributed by atoms with van der Waals surface area (Å²) in [6.45, 7) is 8.13. The van der Waals surface area contributed by atoms with Gasteiger partial charge in [-0.25, -0.2) is 0 Å². The predicted molar refractivity (Wildman–Crippen MR) is 54.5 cm³/mol. The maximum atomic E-state index is 4.27. The fourth-order valence-corrected chi connectivity index (χ4v) is 0.998. The summed E-state index contributed by atoms with van der Waals surface area (Å²) in [5, 5.41) is 0. The number of benzene rings is 1. The molecular formula is C10H16S. The number of hydrogen-bond donors (Lipinski definition) is 1. The molecule has 11 heavy (non-hydrogen) atoms. The third-order valence-corrected chi connectivity index (χ3v) is 1.85. The first-order chi connectivity index (χ1) is 5.20. The second-order valence-corrected chi connectivity index (χ2v) is 2.77. The van der Waals surface area contributed by atoms with Crippen LogP contribution in [0, 0.1) is 13.8 Å². The Morgan fingerprint density at radius 2 is 1.64 bits per heavy atom. The average Bonchev–Trinajstić information content (AvgIpc) is 2.02. The molecule has 1 aromatic carbocycles. The van der Waals surface area contributed by atoms with Crippen LogP contribution in [0.4, 0.5) is 0 Å². The monoisotopic (exact) mass is 168 g/mol. The fourth-order valence-electron chi connectivity index (χ4n) is 0.719. The molecule has 62 valence electrons. The molecule has 0 atom stereocenters. The zero-order valence-electron chi connectivity index (χ0n) is 7.68. The molecule has 0 saturated heterocycles. The second kappa shape index (κ2) is 5.25. The Morgan fingerprint density at radius 1 is 1.09 bits per heavy atom. The van der Waals surface area contributed by atoms with Gasteiger partial charge in [-0.2, -0.15) is 0 Å². The molecule has 0 bridgehead atoms. The van der Waals surface area contributed by atoms with Gasteiger partial charge in [0.25, 0.3) is 0 Å². The molecule has 1 rings (SSSR count). The van der Waals surface area contributed by atoms with Crippen molar-refractivity contribution >= 4 is 12.6 Å². The van der Waals surface area contributed by atoms with E-state index < -0.39 is 0 Å². The molecule has 1 aromatic rings. The maximum Gasteiger partial charge on any atom is 0.00718 e. The molecule has 0 aliphatic rings. The number of hydrogen-bond acceptors (Lipinski definition) is 1. The molecule has 0 aromatic heterocycles. The number of thiol groups is 1. The van der Waals surface area contributed by atoms with Crippen molar-refractivity contribution in [3.05, 3.63) is 29.3 Å². The van der Waals surface area contributed by atoms with E-state index in [1.54, 1.807) is 0 Å². The minimum atomic E-state index is 1.08. The first kappa shape index (κ1) is 10.6. The first-order valence-corrected chi connectivity index (χ1v) is 4.41. The van der Waals surface area contributed by atoms with Crippen molar-refractivity contribution < 1.29 is 0 Å². The van der Waals surface area contributed by atoms with E-state index in [4.69, 9.17) is 0 Å². The third kappa shape index (κ3) is 3.47. The van der Waals surface area contributed by atoms with Gasteiger partial charge in [0.05, 0.1) is 0 Å². The Labute approximate surface area is 75.1 Å². The lowest BCUT2D eigenvalue weighted by atomic mass is 10.2. The van der Waals surface area contributed by atoms with Crippen LogP contribution in [0.2, 0.25) is 0 Å². The van der Waals surface area contributed by atoms with Gasteiger partial charge in [-0.05, 0) is 25.5 Å². The SMILES string of the molecule is CC.Cc1ccc(C)c(S)c1. The molecule has 0 radical (unpaired) electrons. The molecular weight excluding hydrogens is 152 g/mol. The van der Waals surface area contributed by atoms with E-state index in [1.807, 2.05) is 13.8 Å².